The topological polar surface area (TPSA) is 75.1 Å². The third-order valence-electron chi connectivity index (χ3n) is 3.74. The SMILES string of the molecule is CC[C@@H](C)[C@H](Nc1ncnc2sc(C)c(C)c12)C(=O)O. The van der Waals surface area contributed by atoms with Crippen LogP contribution in [0.3, 0.4) is 0 Å². The number of carbonyl (C=O) groups is 1. The number of nitrogens with one attached hydrogen (secondary N) is 1. The Morgan fingerprint density at radius 2 is 2.15 bits per heavy atom. The summed E-state index contributed by atoms with van der Waals surface area (Å²) in [7, 11) is 0. The van der Waals surface area contributed by atoms with E-state index >= 15 is 0 Å². The molecule has 0 aliphatic rings. The van der Waals surface area contributed by atoms with E-state index in [-0.39, 0.29) is 5.92 Å². The highest BCUT2D eigenvalue weighted by atomic mass is 32.1. The normalized spacial score (nSPS) is 14.2. The molecule has 0 amide bonds. The Morgan fingerprint density at radius 1 is 1.45 bits per heavy atom. The Balaban J connectivity index is 2.45. The van der Waals surface area contributed by atoms with Crippen LogP contribution in [0.4, 0.5) is 5.82 Å². The smallest absolute Gasteiger partial charge is 0.326 e. The molecule has 108 valence electrons. The van der Waals surface area contributed by atoms with Gasteiger partial charge in [-0.1, -0.05) is 20.3 Å². The fourth-order valence-corrected chi connectivity index (χ4v) is 3.12. The summed E-state index contributed by atoms with van der Waals surface area (Å²) in [6.07, 6.45) is 2.27. The minimum Gasteiger partial charge on any atom is -0.480 e. The standard InChI is InChI=1S/C14H19N3O2S/c1-5-7(2)11(14(18)19)17-12-10-8(3)9(4)20-13(10)16-6-15-12/h6-7,11H,5H2,1-4H3,(H,18,19)(H,15,16,17)/t7-,11+/m1/s1. The van der Waals surface area contributed by atoms with Crippen LogP contribution in [0.1, 0.15) is 30.7 Å². The van der Waals surface area contributed by atoms with Crippen LogP contribution in [-0.4, -0.2) is 27.1 Å². The van der Waals surface area contributed by atoms with Crippen LogP contribution >= 0.6 is 11.3 Å². The first-order chi connectivity index (χ1) is 9.45. The molecule has 2 N–H and O–H groups in total. The molecule has 0 radical (unpaired) electrons. The molecular weight excluding hydrogens is 274 g/mol. The van der Waals surface area contributed by atoms with Crippen LogP contribution < -0.4 is 5.32 Å². The molecule has 2 heterocycles. The first-order valence-electron chi connectivity index (χ1n) is 6.65. The van der Waals surface area contributed by atoms with E-state index in [4.69, 9.17) is 0 Å². The van der Waals surface area contributed by atoms with Gasteiger partial charge in [0.2, 0.25) is 0 Å². The fraction of sp³-hybridized carbons (Fsp3) is 0.500. The Hall–Kier alpha value is -1.69. The minimum absolute atomic E-state index is 0.0255. The van der Waals surface area contributed by atoms with Gasteiger partial charge in [0, 0.05) is 4.88 Å². The van der Waals surface area contributed by atoms with Crippen molar-refractivity contribution in [2.75, 3.05) is 5.32 Å². The molecule has 0 aliphatic heterocycles. The molecule has 6 heteroatoms. The van der Waals surface area contributed by atoms with Gasteiger partial charge >= 0.3 is 5.97 Å². The number of aromatic nitrogens is 2. The average molecular weight is 293 g/mol. The second-order valence-electron chi connectivity index (χ2n) is 5.03. The average Bonchev–Trinajstić information content (AvgIpc) is 2.71. The number of thiophene rings is 1. The third-order valence-corrected chi connectivity index (χ3v) is 4.85. The minimum atomic E-state index is -0.851. The number of anilines is 1. The molecular formula is C14H19N3O2S. The monoisotopic (exact) mass is 293 g/mol. The van der Waals surface area contributed by atoms with E-state index in [9.17, 15) is 9.90 Å². The summed E-state index contributed by atoms with van der Waals surface area (Å²) >= 11 is 1.60. The van der Waals surface area contributed by atoms with Crippen molar-refractivity contribution < 1.29 is 9.90 Å². The molecule has 2 rings (SSSR count). The largest absolute Gasteiger partial charge is 0.480 e. The number of aryl methyl sites for hydroxylation is 2. The molecule has 0 spiro atoms. The Morgan fingerprint density at radius 3 is 2.75 bits per heavy atom. The van der Waals surface area contributed by atoms with E-state index in [1.807, 2.05) is 27.7 Å². The summed E-state index contributed by atoms with van der Waals surface area (Å²) in [6.45, 7) is 7.96. The van der Waals surface area contributed by atoms with E-state index < -0.39 is 12.0 Å². The van der Waals surface area contributed by atoms with Crippen molar-refractivity contribution in [3.05, 3.63) is 16.8 Å². The number of rotatable bonds is 5. The van der Waals surface area contributed by atoms with Gasteiger partial charge in [0.1, 0.15) is 23.0 Å². The van der Waals surface area contributed by atoms with Gasteiger partial charge in [0.25, 0.3) is 0 Å². The zero-order chi connectivity index (χ0) is 14.9. The fourth-order valence-electron chi connectivity index (χ4n) is 2.12. The van der Waals surface area contributed by atoms with E-state index in [1.165, 1.54) is 11.2 Å². The predicted molar refractivity (Wildman–Crippen MR) is 81.4 cm³/mol. The molecule has 0 aromatic carbocycles. The number of hydrogen-bond donors (Lipinski definition) is 2. The highest BCUT2D eigenvalue weighted by Gasteiger charge is 2.25. The van der Waals surface area contributed by atoms with Crippen LogP contribution in [0.15, 0.2) is 6.33 Å². The number of carboxylic acids is 1. The highest BCUT2D eigenvalue weighted by Crippen LogP contribution is 2.33. The van der Waals surface area contributed by atoms with Gasteiger partial charge in [-0.05, 0) is 25.3 Å². The highest BCUT2D eigenvalue weighted by molar-refractivity contribution is 7.18. The Labute approximate surface area is 122 Å². The second kappa shape index (κ2) is 5.75. The lowest BCUT2D eigenvalue weighted by atomic mass is 9.99. The molecule has 0 aliphatic carbocycles. The first-order valence-corrected chi connectivity index (χ1v) is 7.47. The van der Waals surface area contributed by atoms with Crippen LogP contribution in [0.2, 0.25) is 0 Å². The van der Waals surface area contributed by atoms with Crippen molar-refractivity contribution in [3.8, 4) is 0 Å². The zero-order valence-electron chi connectivity index (χ0n) is 12.1. The molecule has 5 nitrogen and oxygen atoms in total. The number of carboxylic acid groups (broad SMARTS) is 1. The molecule has 2 atom stereocenters. The summed E-state index contributed by atoms with van der Waals surface area (Å²) in [5.41, 5.74) is 1.11. The number of hydrogen-bond acceptors (Lipinski definition) is 5. The molecule has 0 saturated heterocycles. The number of nitrogens with zero attached hydrogens (tertiary/aromatic N) is 2. The summed E-state index contributed by atoms with van der Waals surface area (Å²) in [4.78, 5) is 22.0. The van der Waals surface area contributed by atoms with Crippen LogP contribution in [0.5, 0.6) is 0 Å². The maximum atomic E-state index is 11.4. The van der Waals surface area contributed by atoms with Crippen molar-refractivity contribution in [2.24, 2.45) is 5.92 Å². The molecule has 20 heavy (non-hydrogen) atoms. The first kappa shape index (κ1) is 14.7. The maximum absolute atomic E-state index is 11.4. The zero-order valence-corrected chi connectivity index (χ0v) is 12.9. The summed E-state index contributed by atoms with van der Waals surface area (Å²) < 4.78 is 0. The number of fused-ring (bicyclic) bond motifs is 1. The van der Waals surface area contributed by atoms with Crippen LogP contribution in [0, 0.1) is 19.8 Å². The lowest BCUT2D eigenvalue weighted by molar-refractivity contribution is -0.139. The van der Waals surface area contributed by atoms with Gasteiger partial charge in [-0.25, -0.2) is 14.8 Å². The van der Waals surface area contributed by atoms with E-state index in [0.717, 1.165) is 22.2 Å². The van der Waals surface area contributed by atoms with Crippen molar-refractivity contribution in [3.63, 3.8) is 0 Å². The summed E-state index contributed by atoms with van der Waals surface area (Å²) in [5.74, 6) is -0.210. The predicted octanol–water partition coefficient (Wildman–Crippen LogP) is 3.22. The molecule has 0 unspecified atom stereocenters. The van der Waals surface area contributed by atoms with Gasteiger partial charge in [0.05, 0.1) is 5.39 Å². The van der Waals surface area contributed by atoms with Gasteiger partial charge < -0.3 is 10.4 Å². The van der Waals surface area contributed by atoms with Crippen LogP contribution in [-0.2, 0) is 4.79 Å². The molecule has 0 bridgehead atoms. The van der Waals surface area contributed by atoms with Gasteiger partial charge in [-0.2, -0.15) is 0 Å². The van der Waals surface area contributed by atoms with Crippen molar-refractivity contribution >= 4 is 33.3 Å². The lowest BCUT2D eigenvalue weighted by Crippen LogP contribution is -2.35. The molecule has 2 aromatic rings. The molecule has 2 aromatic heterocycles. The van der Waals surface area contributed by atoms with Gasteiger partial charge in [0.15, 0.2) is 0 Å². The van der Waals surface area contributed by atoms with Crippen LogP contribution in [0.25, 0.3) is 10.2 Å². The summed E-state index contributed by atoms with van der Waals surface area (Å²) in [6, 6.07) is -0.641. The van der Waals surface area contributed by atoms with Crippen molar-refractivity contribution in [2.45, 2.75) is 40.2 Å². The lowest BCUT2D eigenvalue weighted by Gasteiger charge is -2.21. The Bertz CT molecular complexity index is 639. The van der Waals surface area contributed by atoms with E-state index in [0.29, 0.717) is 5.82 Å². The van der Waals surface area contributed by atoms with Gasteiger partial charge in [-0.3, -0.25) is 0 Å². The molecule has 0 saturated carbocycles. The summed E-state index contributed by atoms with van der Waals surface area (Å²) in [5, 5.41) is 13.4. The van der Waals surface area contributed by atoms with E-state index in [1.54, 1.807) is 11.3 Å². The van der Waals surface area contributed by atoms with Crippen molar-refractivity contribution in [1.29, 1.82) is 0 Å². The number of aliphatic carboxylic acids is 1. The van der Waals surface area contributed by atoms with Gasteiger partial charge in [-0.15, -0.1) is 11.3 Å². The molecule has 0 fully saturated rings. The second-order valence-corrected chi connectivity index (χ2v) is 6.23. The Kier molecular flexibility index (Phi) is 4.23. The van der Waals surface area contributed by atoms with E-state index in [2.05, 4.69) is 15.3 Å². The quantitative estimate of drug-likeness (QED) is 0.885. The third kappa shape index (κ3) is 2.60. The maximum Gasteiger partial charge on any atom is 0.326 e. The van der Waals surface area contributed by atoms with Crippen molar-refractivity contribution in [1.82, 2.24) is 9.97 Å².